The largest absolute Gasteiger partial charge is 0.465 e. The van der Waals surface area contributed by atoms with Gasteiger partial charge in [0.05, 0.1) is 18.2 Å². The number of nitriles is 1. The Balaban J connectivity index is 0.000000622. The Hall–Kier alpha value is -2.30. The fraction of sp³-hybridized carbons (Fsp3) is 0.714. The monoisotopic (exact) mass is 488 g/mol. The van der Waals surface area contributed by atoms with Crippen LogP contribution in [0.4, 0.5) is 5.82 Å². The molecule has 0 aliphatic carbocycles. The van der Waals surface area contributed by atoms with Gasteiger partial charge in [-0.2, -0.15) is 5.26 Å². The standard InChI is InChI=1S/C11H19NO4.C10H17N3O3S/c1-4-14-10(15-5-2)7-9(8-12)11(13)16-6-3;1-3-15-7(16-4-2)5-6-8(11)12-10(17)13-9(6)14/h9-10H,4-7H2,1-3H3;7H,3-5H2,1-2H3,(H4,11,12,13,14,17). The Bertz CT molecular complexity index is 825. The molecule has 4 N–H and O–H groups in total. The topological polar surface area (TPSA) is 162 Å². The first-order valence-corrected chi connectivity index (χ1v) is 11.3. The average Bonchev–Trinajstić information content (AvgIpc) is 2.75. The van der Waals surface area contributed by atoms with Crippen molar-refractivity contribution < 1.29 is 28.5 Å². The molecule has 0 aliphatic rings. The molecule has 1 heterocycles. The van der Waals surface area contributed by atoms with Crippen molar-refractivity contribution in [1.82, 2.24) is 9.97 Å². The van der Waals surface area contributed by atoms with Gasteiger partial charge in [0, 0.05) is 39.3 Å². The number of aromatic amines is 2. The molecule has 1 aromatic rings. The van der Waals surface area contributed by atoms with Crippen LogP contribution in [0, 0.1) is 22.0 Å². The molecule has 11 nitrogen and oxygen atoms in total. The Morgan fingerprint density at radius 3 is 1.91 bits per heavy atom. The first kappa shape index (κ1) is 30.7. The minimum Gasteiger partial charge on any atom is -0.465 e. The number of H-pyrrole nitrogens is 2. The summed E-state index contributed by atoms with van der Waals surface area (Å²) >= 11 is 4.81. The lowest BCUT2D eigenvalue weighted by Crippen LogP contribution is -2.26. The van der Waals surface area contributed by atoms with E-state index in [0.29, 0.717) is 32.0 Å². The molecule has 0 amide bonds. The van der Waals surface area contributed by atoms with Crippen LogP contribution in [0.25, 0.3) is 0 Å². The average molecular weight is 489 g/mol. The lowest BCUT2D eigenvalue weighted by Gasteiger charge is -2.18. The fourth-order valence-corrected chi connectivity index (χ4v) is 2.83. The fourth-order valence-electron chi connectivity index (χ4n) is 2.63. The molecule has 0 saturated carbocycles. The molecule has 12 heteroatoms. The highest BCUT2D eigenvalue weighted by molar-refractivity contribution is 7.71. The molecule has 1 aromatic heterocycles. The van der Waals surface area contributed by atoms with E-state index in [1.807, 2.05) is 33.8 Å². The number of nitrogens with zero attached hydrogens (tertiary/aromatic N) is 1. The molecule has 0 radical (unpaired) electrons. The predicted octanol–water partition coefficient (Wildman–Crippen LogP) is 2.43. The summed E-state index contributed by atoms with van der Waals surface area (Å²) in [4.78, 5) is 28.2. The summed E-state index contributed by atoms with van der Waals surface area (Å²) in [5.74, 6) is -1.10. The molecule has 1 unspecified atom stereocenters. The number of hydrogen-bond acceptors (Lipinski definition) is 10. The van der Waals surface area contributed by atoms with Gasteiger partial charge in [-0.3, -0.25) is 14.6 Å². The Morgan fingerprint density at radius 1 is 0.970 bits per heavy atom. The second-order valence-electron chi connectivity index (χ2n) is 6.35. The van der Waals surface area contributed by atoms with E-state index in [4.69, 9.17) is 46.9 Å². The maximum Gasteiger partial charge on any atom is 0.323 e. The van der Waals surface area contributed by atoms with Crippen LogP contribution in [0.15, 0.2) is 4.79 Å². The lowest BCUT2D eigenvalue weighted by atomic mass is 10.1. The summed E-state index contributed by atoms with van der Waals surface area (Å²) in [7, 11) is 0. The third kappa shape index (κ3) is 12.5. The Labute approximate surface area is 199 Å². The summed E-state index contributed by atoms with van der Waals surface area (Å²) in [6.45, 7) is 11.3. The van der Waals surface area contributed by atoms with Crippen LogP contribution >= 0.6 is 12.2 Å². The number of anilines is 1. The van der Waals surface area contributed by atoms with Gasteiger partial charge in [0.2, 0.25) is 0 Å². The molecular weight excluding hydrogens is 452 g/mol. The van der Waals surface area contributed by atoms with Gasteiger partial charge < -0.3 is 34.4 Å². The summed E-state index contributed by atoms with van der Waals surface area (Å²) in [5, 5.41) is 8.85. The van der Waals surface area contributed by atoms with Gasteiger partial charge in [-0.05, 0) is 46.8 Å². The van der Waals surface area contributed by atoms with E-state index in [2.05, 4.69) is 9.97 Å². The molecule has 0 bridgehead atoms. The smallest absolute Gasteiger partial charge is 0.323 e. The maximum absolute atomic E-state index is 11.7. The van der Waals surface area contributed by atoms with E-state index in [1.165, 1.54) is 0 Å². The van der Waals surface area contributed by atoms with E-state index < -0.39 is 24.5 Å². The number of carbonyl (C=O) groups excluding carboxylic acids is 1. The van der Waals surface area contributed by atoms with E-state index in [9.17, 15) is 9.59 Å². The number of nitrogens with two attached hydrogens (primary N) is 1. The molecule has 0 aromatic carbocycles. The predicted molar refractivity (Wildman–Crippen MR) is 125 cm³/mol. The van der Waals surface area contributed by atoms with Crippen molar-refractivity contribution in [3.63, 3.8) is 0 Å². The van der Waals surface area contributed by atoms with Gasteiger partial charge >= 0.3 is 5.97 Å². The van der Waals surface area contributed by atoms with E-state index in [0.717, 1.165) is 0 Å². The van der Waals surface area contributed by atoms with Crippen molar-refractivity contribution in [2.24, 2.45) is 5.92 Å². The molecule has 0 spiro atoms. The van der Waals surface area contributed by atoms with Gasteiger partial charge in [0.25, 0.3) is 5.56 Å². The van der Waals surface area contributed by atoms with Crippen LogP contribution in [0.2, 0.25) is 0 Å². The van der Waals surface area contributed by atoms with Crippen molar-refractivity contribution in [1.29, 1.82) is 5.26 Å². The molecule has 0 fully saturated rings. The third-order valence-corrected chi connectivity index (χ3v) is 4.21. The number of aromatic nitrogens is 2. The van der Waals surface area contributed by atoms with Crippen molar-refractivity contribution in [2.75, 3.05) is 38.8 Å². The Morgan fingerprint density at radius 2 is 1.48 bits per heavy atom. The molecule has 0 saturated heterocycles. The van der Waals surface area contributed by atoms with Crippen molar-refractivity contribution in [3.8, 4) is 6.07 Å². The van der Waals surface area contributed by atoms with Crippen LogP contribution in [0.3, 0.4) is 0 Å². The highest BCUT2D eigenvalue weighted by Crippen LogP contribution is 2.12. The SMILES string of the molecule is CCOC(=O)C(C#N)CC(OCC)OCC.CCOC(Cc1c(N)[nH]c(=S)[nH]c1=O)OCC. The number of rotatable bonds is 14. The second-order valence-corrected chi connectivity index (χ2v) is 6.76. The van der Waals surface area contributed by atoms with Crippen molar-refractivity contribution >= 4 is 24.0 Å². The Kier molecular flexibility index (Phi) is 16.9. The first-order valence-electron chi connectivity index (χ1n) is 10.9. The van der Waals surface area contributed by atoms with Crippen molar-refractivity contribution in [3.05, 3.63) is 20.7 Å². The summed E-state index contributed by atoms with van der Waals surface area (Å²) in [5.41, 5.74) is 5.79. The quantitative estimate of drug-likeness (QED) is 0.201. The molecule has 0 aliphatic heterocycles. The van der Waals surface area contributed by atoms with Gasteiger partial charge in [0.15, 0.2) is 17.4 Å². The first-order chi connectivity index (χ1) is 15.8. The minimum absolute atomic E-state index is 0.205. The summed E-state index contributed by atoms with van der Waals surface area (Å²) < 4.78 is 26.2. The molecular formula is C21H36N4O7S. The highest BCUT2D eigenvalue weighted by atomic mass is 32.1. The minimum atomic E-state index is -0.831. The molecule has 1 atom stereocenters. The normalized spacial score (nSPS) is 11.6. The number of ether oxygens (including phenoxy) is 5. The van der Waals surface area contributed by atoms with Crippen LogP contribution < -0.4 is 11.3 Å². The van der Waals surface area contributed by atoms with Crippen LogP contribution in [0.1, 0.15) is 46.6 Å². The highest BCUT2D eigenvalue weighted by Gasteiger charge is 2.24. The van der Waals surface area contributed by atoms with Gasteiger partial charge in [0.1, 0.15) is 11.7 Å². The van der Waals surface area contributed by atoms with Crippen molar-refractivity contribution in [2.45, 2.75) is 60.0 Å². The van der Waals surface area contributed by atoms with Gasteiger partial charge in [-0.15, -0.1) is 0 Å². The molecule has 188 valence electrons. The lowest BCUT2D eigenvalue weighted by molar-refractivity contribution is -0.161. The zero-order valence-electron chi connectivity index (χ0n) is 20.0. The summed E-state index contributed by atoms with van der Waals surface area (Å²) in [6.07, 6.45) is -0.506. The summed E-state index contributed by atoms with van der Waals surface area (Å²) in [6, 6.07) is 1.90. The number of esters is 1. The number of carbonyl (C=O) groups is 1. The van der Waals surface area contributed by atoms with Gasteiger partial charge in [-0.25, -0.2) is 0 Å². The van der Waals surface area contributed by atoms with E-state index >= 15 is 0 Å². The second kappa shape index (κ2) is 18.2. The zero-order valence-corrected chi connectivity index (χ0v) is 20.8. The van der Waals surface area contributed by atoms with Crippen LogP contribution in [-0.2, 0) is 34.9 Å². The molecule has 1 rings (SSSR count). The number of nitrogens with one attached hydrogen (secondary N) is 2. The maximum atomic E-state index is 11.7. The van der Waals surface area contributed by atoms with E-state index in [1.54, 1.807) is 6.92 Å². The van der Waals surface area contributed by atoms with Gasteiger partial charge in [-0.1, -0.05) is 0 Å². The molecule has 33 heavy (non-hydrogen) atoms. The van der Waals surface area contributed by atoms with Crippen LogP contribution in [0.5, 0.6) is 0 Å². The number of nitrogen functional groups attached to an aromatic ring is 1. The third-order valence-electron chi connectivity index (χ3n) is 4.01. The van der Waals surface area contributed by atoms with E-state index in [-0.39, 0.29) is 35.6 Å². The number of hydrogen-bond donors (Lipinski definition) is 3. The van der Waals surface area contributed by atoms with Crippen LogP contribution in [-0.4, -0.2) is 61.6 Å². The zero-order chi connectivity index (χ0) is 25.2.